The lowest BCUT2D eigenvalue weighted by Gasteiger charge is -2.40. The van der Waals surface area contributed by atoms with Crippen LogP contribution in [0.5, 0.6) is 0 Å². The molecule has 0 aromatic carbocycles. The third-order valence-electron chi connectivity index (χ3n) is 14.8. The molecule has 0 aromatic rings. The predicted octanol–water partition coefficient (Wildman–Crippen LogP) is 18.4. The summed E-state index contributed by atoms with van der Waals surface area (Å²) in [6.45, 7) is 3.64. The number of aliphatic hydroxyl groups excluding tert-OH is 5. The molecule has 1 saturated heterocycles. The number of ether oxygens (including phenoxy) is 2. The van der Waals surface area contributed by atoms with Gasteiger partial charge >= 0.3 is 0 Å². The van der Waals surface area contributed by atoms with Crippen LogP contribution >= 0.6 is 0 Å². The smallest absolute Gasteiger partial charge is 0.220 e. The molecule has 7 atom stereocenters. The molecule has 84 heavy (non-hydrogen) atoms. The largest absolute Gasteiger partial charge is 0.394 e. The normalized spacial score (nSPS) is 19.2. The van der Waals surface area contributed by atoms with Gasteiger partial charge in [-0.2, -0.15) is 0 Å². The minimum atomic E-state index is -1.59. The number of nitrogens with one attached hydrogen (secondary N) is 1. The minimum Gasteiger partial charge on any atom is -0.394 e. The van der Waals surface area contributed by atoms with Crippen LogP contribution < -0.4 is 5.32 Å². The molecule has 0 spiro atoms. The SMILES string of the molecule is CC/C=C\C/C=C\C/C=C\C/C=C\C/C=C\C/C=C\C/C=C\C/C=C\C/C=C\C/C=C\CCCCCCCCC(=O)NC(COC1OC(CO)C(O)C(O)C1O)C(O)/C=C/CC/C=C/CC/C=C/CCCCCCCCCCCCCCCC. The minimum absolute atomic E-state index is 0.211. The highest BCUT2D eigenvalue weighted by Gasteiger charge is 2.44. The molecule has 0 aromatic heterocycles. The second kappa shape index (κ2) is 61.9. The number of allylic oxidation sites excluding steroid dienone is 25. The molecule has 9 nitrogen and oxygen atoms in total. The summed E-state index contributed by atoms with van der Waals surface area (Å²) in [7, 11) is 0. The quantitative estimate of drug-likeness (QED) is 0.0261. The molecule has 1 aliphatic heterocycles. The van der Waals surface area contributed by atoms with E-state index in [0.29, 0.717) is 6.42 Å². The zero-order chi connectivity index (χ0) is 60.7. The van der Waals surface area contributed by atoms with Gasteiger partial charge in [0.2, 0.25) is 5.91 Å². The highest BCUT2D eigenvalue weighted by molar-refractivity contribution is 5.76. The van der Waals surface area contributed by atoms with Crippen molar-refractivity contribution in [3.05, 3.63) is 158 Å². The van der Waals surface area contributed by atoms with Crippen LogP contribution in [0.2, 0.25) is 0 Å². The second-order valence-electron chi connectivity index (χ2n) is 22.5. The Kier molecular flexibility index (Phi) is 57.3. The third kappa shape index (κ3) is 50.0. The van der Waals surface area contributed by atoms with Gasteiger partial charge in [0.05, 0.1) is 25.4 Å². The average Bonchev–Trinajstić information content (AvgIpc) is 3.70. The molecule has 1 fully saturated rings. The topological polar surface area (TPSA) is 149 Å². The molecule has 1 aliphatic rings. The number of hydrogen-bond donors (Lipinski definition) is 6. The van der Waals surface area contributed by atoms with Crippen molar-refractivity contribution >= 4 is 5.91 Å². The molecular weight excluding hydrogens is 1040 g/mol. The van der Waals surface area contributed by atoms with E-state index in [2.05, 4.69) is 165 Å². The lowest BCUT2D eigenvalue weighted by atomic mass is 9.99. The molecule has 0 saturated carbocycles. The first-order chi connectivity index (χ1) is 41.3. The van der Waals surface area contributed by atoms with E-state index in [1.165, 1.54) is 89.9 Å². The van der Waals surface area contributed by atoms with Crippen molar-refractivity contribution in [2.24, 2.45) is 0 Å². The van der Waals surface area contributed by atoms with Gasteiger partial charge in [0.1, 0.15) is 24.4 Å². The van der Waals surface area contributed by atoms with E-state index in [9.17, 15) is 30.3 Å². The summed E-state index contributed by atoms with van der Waals surface area (Å²) in [6.07, 6.45) is 90.4. The van der Waals surface area contributed by atoms with Crippen molar-refractivity contribution in [1.82, 2.24) is 5.32 Å². The van der Waals surface area contributed by atoms with Crippen molar-refractivity contribution in [1.29, 1.82) is 0 Å². The summed E-state index contributed by atoms with van der Waals surface area (Å²) in [4.78, 5) is 13.1. The summed E-state index contributed by atoms with van der Waals surface area (Å²) in [5.74, 6) is -0.211. The summed E-state index contributed by atoms with van der Waals surface area (Å²) in [5, 5.41) is 54.7. The fourth-order valence-electron chi connectivity index (χ4n) is 9.57. The fraction of sp³-hybridized carbons (Fsp3) is 0.640. The predicted molar refractivity (Wildman–Crippen MR) is 359 cm³/mol. The standard InChI is InChI=1S/C75H123NO8/c1-3-5-7-9-11-13-15-17-19-21-23-25-27-29-30-31-32-33-34-35-36-37-38-39-40-41-43-45-47-49-51-53-55-57-59-61-63-65-71(79)76-68(67-83-75-74(82)73(81)72(80)70(66-77)84-75)69(78)64-62-60-58-56-54-52-50-48-46-44-42-28-26-24-22-20-18-16-14-12-10-8-6-4-2/h5,7,11,13,17,19,23,25,29-30,32-33,35-36,38-39,41,43,46-49,54,56,62,64,68-70,72-75,77-78,80-82H,3-4,6,8-10,12,14-16,18,20-22,24,26-28,31,34,37,40,42,44-45,50-53,55,57-61,63,65-67H2,1-2H3,(H,76,79)/b7-5-,13-11-,19-17-,25-23-,30-29-,33-32-,36-35-,39-38-,43-41-,48-46+,49-47-,56-54+,64-62+. The summed E-state index contributed by atoms with van der Waals surface area (Å²) < 4.78 is 11.3. The van der Waals surface area contributed by atoms with Crippen molar-refractivity contribution < 1.29 is 39.8 Å². The monoisotopic (exact) mass is 1170 g/mol. The van der Waals surface area contributed by atoms with E-state index in [4.69, 9.17) is 9.47 Å². The van der Waals surface area contributed by atoms with Gasteiger partial charge in [0.25, 0.3) is 0 Å². The van der Waals surface area contributed by atoms with Gasteiger partial charge in [-0.05, 0) is 122 Å². The van der Waals surface area contributed by atoms with E-state index in [0.717, 1.165) is 141 Å². The van der Waals surface area contributed by atoms with E-state index >= 15 is 0 Å². The Hall–Kier alpha value is -4.19. The van der Waals surface area contributed by atoms with Crippen molar-refractivity contribution in [3.8, 4) is 0 Å². The maximum absolute atomic E-state index is 13.1. The number of carbonyl (C=O) groups is 1. The Labute approximate surface area is 514 Å². The molecule has 7 unspecified atom stereocenters. The maximum atomic E-state index is 13.1. The van der Waals surface area contributed by atoms with Crippen LogP contribution in [-0.2, 0) is 14.3 Å². The third-order valence-corrected chi connectivity index (χ3v) is 14.8. The molecule has 1 amide bonds. The molecule has 6 N–H and O–H groups in total. The van der Waals surface area contributed by atoms with Crippen molar-refractivity contribution in [3.63, 3.8) is 0 Å². The van der Waals surface area contributed by atoms with E-state index in [1.54, 1.807) is 6.08 Å². The zero-order valence-electron chi connectivity index (χ0n) is 53.1. The Morgan fingerprint density at radius 3 is 1.14 bits per heavy atom. The average molecular weight is 1170 g/mol. The molecule has 0 bridgehead atoms. The van der Waals surface area contributed by atoms with Crippen LogP contribution in [0.1, 0.15) is 251 Å². The number of aliphatic hydroxyl groups is 5. The van der Waals surface area contributed by atoms with Gasteiger partial charge in [-0.1, -0.05) is 281 Å². The number of carbonyl (C=O) groups excluding carboxylic acids is 1. The van der Waals surface area contributed by atoms with Gasteiger partial charge in [0.15, 0.2) is 6.29 Å². The second-order valence-corrected chi connectivity index (χ2v) is 22.5. The highest BCUT2D eigenvalue weighted by Crippen LogP contribution is 2.23. The van der Waals surface area contributed by atoms with Gasteiger partial charge in [0, 0.05) is 6.42 Å². The molecule has 9 heteroatoms. The van der Waals surface area contributed by atoms with Crippen LogP contribution in [0.25, 0.3) is 0 Å². The number of hydrogen-bond acceptors (Lipinski definition) is 8. The van der Waals surface area contributed by atoms with Crippen LogP contribution in [0.3, 0.4) is 0 Å². The lowest BCUT2D eigenvalue weighted by Crippen LogP contribution is -2.60. The Balaban J connectivity index is 2.23. The van der Waals surface area contributed by atoms with Gasteiger partial charge in [-0.3, -0.25) is 4.79 Å². The Bertz CT molecular complexity index is 1880. The van der Waals surface area contributed by atoms with Crippen LogP contribution in [0.15, 0.2) is 158 Å². The first-order valence-electron chi connectivity index (χ1n) is 33.7. The Morgan fingerprint density at radius 2 is 0.750 bits per heavy atom. The summed E-state index contributed by atoms with van der Waals surface area (Å²) in [5.41, 5.74) is 0. The first kappa shape index (κ1) is 77.8. The van der Waals surface area contributed by atoms with E-state index < -0.39 is 49.5 Å². The van der Waals surface area contributed by atoms with Gasteiger partial charge in [-0.25, -0.2) is 0 Å². The van der Waals surface area contributed by atoms with Crippen LogP contribution in [-0.4, -0.2) is 87.5 Å². The molecule has 0 aliphatic carbocycles. The van der Waals surface area contributed by atoms with Crippen molar-refractivity contribution in [2.75, 3.05) is 13.2 Å². The van der Waals surface area contributed by atoms with E-state index in [-0.39, 0.29) is 12.5 Å². The van der Waals surface area contributed by atoms with Crippen molar-refractivity contribution in [2.45, 2.75) is 294 Å². The molecule has 476 valence electrons. The molecule has 1 rings (SSSR count). The molecular formula is C75H123NO8. The highest BCUT2D eigenvalue weighted by atomic mass is 16.7. The maximum Gasteiger partial charge on any atom is 0.220 e. The number of rotatable bonds is 56. The Morgan fingerprint density at radius 1 is 0.417 bits per heavy atom. The van der Waals surface area contributed by atoms with Gasteiger partial charge in [-0.15, -0.1) is 0 Å². The molecule has 0 radical (unpaired) electrons. The van der Waals surface area contributed by atoms with Crippen LogP contribution in [0, 0.1) is 0 Å². The lowest BCUT2D eigenvalue weighted by molar-refractivity contribution is -0.302. The number of amides is 1. The van der Waals surface area contributed by atoms with Gasteiger partial charge < -0.3 is 40.3 Å². The first-order valence-corrected chi connectivity index (χ1v) is 33.7. The zero-order valence-corrected chi connectivity index (χ0v) is 53.1. The fourth-order valence-corrected chi connectivity index (χ4v) is 9.57. The molecule has 1 heterocycles. The van der Waals surface area contributed by atoms with Crippen LogP contribution in [0.4, 0.5) is 0 Å². The summed E-state index contributed by atoms with van der Waals surface area (Å²) in [6, 6.07) is -0.850. The summed E-state index contributed by atoms with van der Waals surface area (Å²) >= 11 is 0. The number of unbranched alkanes of at least 4 members (excludes halogenated alkanes) is 22. The van der Waals surface area contributed by atoms with E-state index in [1.807, 2.05) is 6.08 Å².